The Balaban J connectivity index is 3.41. The summed E-state index contributed by atoms with van der Waals surface area (Å²) in [6.07, 6.45) is 4.06. The molecule has 0 aliphatic carbocycles. The van der Waals surface area contributed by atoms with Crippen LogP contribution >= 0.6 is 11.6 Å². The van der Waals surface area contributed by atoms with Gasteiger partial charge in [-0.25, -0.2) is 4.79 Å². The van der Waals surface area contributed by atoms with Crippen molar-refractivity contribution in [2.24, 2.45) is 0 Å². The lowest BCUT2D eigenvalue weighted by Crippen LogP contribution is -2.35. The average Bonchev–Trinajstić information content (AvgIpc) is 2.27. The van der Waals surface area contributed by atoms with Crippen molar-refractivity contribution in [3.05, 3.63) is 0 Å². The molecule has 0 radical (unpaired) electrons. The third-order valence-corrected chi connectivity index (χ3v) is 2.78. The van der Waals surface area contributed by atoms with Gasteiger partial charge in [0.1, 0.15) is 5.78 Å². The number of ether oxygens (including phenoxy) is 1. The molecule has 0 saturated heterocycles. The third kappa shape index (κ3) is 8.16. The van der Waals surface area contributed by atoms with Gasteiger partial charge in [0.15, 0.2) is 5.60 Å². The Bertz CT molecular complexity index is 251. The number of carboxylic acid groups (broad SMARTS) is 1. The first kappa shape index (κ1) is 16.4. The molecule has 0 unspecified atom stereocenters. The van der Waals surface area contributed by atoms with E-state index in [0.717, 1.165) is 25.7 Å². The monoisotopic (exact) mass is 264 g/mol. The number of carboxylic acids is 1. The lowest BCUT2D eigenvalue weighted by Gasteiger charge is -2.19. The van der Waals surface area contributed by atoms with Gasteiger partial charge in [0.25, 0.3) is 0 Å². The molecule has 0 amide bonds. The van der Waals surface area contributed by atoms with E-state index in [0.29, 0.717) is 13.0 Å². The lowest BCUT2D eigenvalue weighted by atomic mass is 10.1. The zero-order chi connectivity index (χ0) is 13.3. The molecule has 0 bridgehead atoms. The summed E-state index contributed by atoms with van der Waals surface area (Å²) in [7, 11) is 0. The zero-order valence-electron chi connectivity index (χ0n) is 10.5. The minimum Gasteiger partial charge on any atom is -0.479 e. The molecule has 5 heteroatoms. The maximum Gasteiger partial charge on any atom is 0.335 e. The molecule has 17 heavy (non-hydrogen) atoms. The second-order valence-electron chi connectivity index (χ2n) is 4.50. The number of Topliss-reactive ketones (excluding diaryl/α,β-unsaturated/α-hetero) is 1. The predicted octanol–water partition coefficient (Wildman–Crippen LogP) is 2.62. The van der Waals surface area contributed by atoms with Crippen LogP contribution < -0.4 is 0 Å². The van der Waals surface area contributed by atoms with E-state index in [9.17, 15) is 9.59 Å². The van der Waals surface area contributed by atoms with Gasteiger partial charge < -0.3 is 9.84 Å². The summed E-state index contributed by atoms with van der Waals surface area (Å²) < 4.78 is 5.25. The number of alkyl halides is 1. The number of carbonyl (C=O) groups excluding carboxylic acids is 1. The molecule has 0 fully saturated rings. The number of hydrogen-bond donors (Lipinski definition) is 1. The number of hydrogen-bond acceptors (Lipinski definition) is 3. The van der Waals surface area contributed by atoms with Crippen LogP contribution in [0.15, 0.2) is 0 Å². The maximum atomic E-state index is 10.9. The Morgan fingerprint density at radius 1 is 1.18 bits per heavy atom. The van der Waals surface area contributed by atoms with Gasteiger partial charge in [-0.2, -0.15) is 0 Å². The van der Waals surface area contributed by atoms with Crippen LogP contribution in [0.5, 0.6) is 0 Å². The molecule has 0 rings (SSSR count). The summed E-state index contributed by atoms with van der Waals surface area (Å²) in [6, 6.07) is 0. The number of halogens is 1. The zero-order valence-corrected chi connectivity index (χ0v) is 11.3. The van der Waals surface area contributed by atoms with Gasteiger partial charge in [0.2, 0.25) is 0 Å². The average molecular weight is 265 g/mol. The molecule has 0 aromatic heterocycles. The van der Waals surface area contributed by atoms with E-state index in [1.807, 2.05) is 0 Å². The normalized spacial score (nSPS) is 11.5. The van der Waals surface area contributed by atoms with E-state index in [1.165, 1.54) is 13.8 Å². The van der Waals surface area contributed by atoms with Gasteiger partial charge in [-0.3, -0.25) is 4.79 Å². The second-order valence-corrected chi connectivity index (χ2v) is 4.77. The molecule has 100 valence electrons. The molecular weight excluding hydrogens is 244 g/mol. The molecule has 0 heterocycles. The Hall–Kier alpha value is -0.610. The number of rotatable bonds is 10. The highest BCUT2D eigenvalue weighted by Crippen LogP contribution is 2.11. The summed E-state index contributed by atoms with van der Waals surface area (Å²) in [6.45, 7) is 3.51. The van der Waals surface area contributed by atoms with E-state index >= 15 is 0 Å². The third-order valence-electron chi connectivity index (χ3n) is 2.48. The van der Waals surface area contributed by atoms with Crippen LogP contribution in [0, 0.1) is 0 Å². The van der Waals surface area contributed by atoms with Crippen molar-refractivity contribution < 1.29 is 19.4 Å². The summed E-state index contributed by atoms with van der Waals surface area (Å²) in [5.74, 6) is -0.782. The summed E-state index contributed by atoms with van der Waals surface area (Å²) >= 11 is 5.37. The highest BCUT2D eigenvalue weighted by atomic mass is 35.5. The summed E-state index contributed by atoms with van der Waals surface area (Å²) in [5, 5.41) is 8.80. The smallest absolute Gasteiger partial charge is 0.335 e. The molecule has 1 N–H and O–H groups in total. The van der Waals surface area contributed by atoms with E-state index < -0.39 is 11.6 Å². The van der Waals surface area contributed by atoms with E-state index in [4.69, 9.17) is 21.4 Å². The van der Waals surface area contributed by atoms with Crippen molar-refractivity contribution in [2.75, 3.05) is 12.5 Å². The van der Waals surface area contributed by atoms with Gasteiger partial charge in [0, 0.05) is 13.0 Å². The number of ketones is 1. The first-order valence-electron chi connectivity index (χ1n) is 5.85. The highest BCUT2D eigenvalue weighted by Gasteiger charge is 2.27. The van der Waals surface area contributed by atoms with Crippen molar-refractivity contribution in [3.8, 4) is 0 Å². The van der Waals surface area contributed by atoms with Gasteiger partial charge in [-0.1, -0.05) is 12.8 Å². The van der Waals surface area contributed by atoms with Crippen LogP contribution in [0.1, 0.15) is 46.0 Å². The second kappa shape index (κ2) is 8.48. The van der Waals surface area contributed by atoms with Gasteiger partial charge in [-0.05, 0) is 26.7 Å². The fourth-order valence-corrected chi connectivity index (χ4v) is 1.37. The molecule has 0 aliphatic rings. The van der Waals surface area contributed by atoms with Crippen molar-refractivity contribution in [1.82, 2.24) is 0 Å². The first-order chi connectivity index (χ1) is 7.90. The van der Waals surface area contributed by atoms with Crippen LogP contribution in [0.2, 0.25) is 0 Å². The van der Waals surface area contributed by atoms with Crippen LogP contribution in [-0.4, -0.2) is 34.9 Å². The van der Waals surface area contributed by atoms with Crippen molar-refractivity contribution in [2.45, 2.75) is 51.6 Å². The minimum absolute atomic E-state index is 0.0786. The molecule has 0 atom stereocenters. The van der Waals surface area contributed by atoms with Crippen LogP contribution in [0.25, 0.3) is 0 Å². The first-order valence-corrected chi connectivity index (χ1v) is 6.38. The van der Waals surface area contributed by atoms with Crippen molar-refractivity contribution in [1.29, 1.82) is 0 Å². The molecular formula is C12H21ClO4. The number of carbonyl (C=O) groups is 2. The number of aliphatic carboxylic acids is 1. The fraction of sp³-hybridized carbons (Fsp3) is 0.833. The molecule has 0 saturated carbocycles. The van der Waals surface area contributed by atoms with E-state index in [2.05, 4.69) is 0 Å². The number of unbranched alkanes of at least 4 members (excludes halogenated alkanes) is 3. The summed E-state index contributed by atoms with van der Waals surface area (Å²) in [4.78, 5) is 21.6. The Labute approximate surface area is 107 Å². The highest BCUT2D eigenvalue weighted by molar-refractivity contribution is 6.27. The van der Waals surface area contributed by atoms with Crippen LogP contribution in [0.3, 0.4) is 0 Å². The van der Waals surface area contributed by atoms with E-state index in [-0.39, 0.29) is 11.7 Å². The van der Waals surface area contributed by atoms with Gasteiger partial charge >= 0.3 is 5.97 Å². The molecule has 4 nitrogen and oxygen atoms in total. The quantitative estimate of drug-likeness (QED) is 0.487. The van der Waals surface area contributed by atoms with Crippen LogP contribution in [-0.2, 0) is 14.3 Å². The molecule has 0 spiro atoms. The Morgan fingerprint density at radius 2 is 1.76 bits per heavy atom. The molecule has 0 aromatic rings. The van der Waals surface area contributed by atoms with Crippen molar-refractivity contribution in [3.63, 3.8) is 0 Å². The summed E-state index contributed by atoms with van der Waals surface area (Å²) in [5.41, 5.74) is -1.12. The molecule has 0 aromatic carbocycles. The Kier molecular flexibility index (Phi) is 8.17. The molecule has 0 aliphatic heterocycles. The maximum absolute atomic E-state index is 10.9. The standard InChI is InChI=1S/C12H21ClO4/c1-12(2,11(15)16)17-8-6-4-3-5-7-10(14)9-13/h3-9H2,1-2H3,(H,15,16). The van der Waals surface area contributed by atoms with E-state index in [1.54, 1.807) is 0 Å². The Morgan fingerprint density at radius 3 is 2.29 bits per heavy atom. The van der Waals surface area contributed by atoms with Gasteiger partial charge in [-0.15, -0.1) is 11.6 Å². The topological polar surface area (TPSA) is 63.6 Å². The van der Waals surface area contributed by atoms with Crippen molar-refractivity contribution >= 4 is 23.4 Å². The predicted molar refractivity (Wildman–Crippen MR) is 66.5 cm³/mol. The minimum atomic E-state index is -1.12. The SMILES string of the molecule is CC(C)(OCCCCCCC(=O)CCl)C(=O)O. The van der Waals surface area contributed by atoms with Crippen LogP contribution in [0.4, 0.5) is 0 Å². The fourth-order valence-electron chi connectivity index (χ4n) is 1.23. The van der Waals surface area contributed by atoms with Gasteiger partial charge in [0.05, 0.1) is 5.88 Å². The lowest BCUT2D eigenvalue weighted by molar-refractivity contribution is -0.161. The largest absolute Gasteiger partial charge is 0.479 e.